The molecule has 5 rings (SSSR count). The van der Waals surface area contributed by atoms with Crippen molar-refractivity contribution in [3.63, 3.8) is 0 Å². The van der Waals surface area contributed by atoms with Gasteiger partial charge in [0, 0.05) is 60.2 Å². The van der Waals surface area contributed by atoms with E-state index in [4.69, 9.17) is 11.6 Å². The summed E-state index contributed by atoms with van der Waals surface area (Å²) in [5, 5.41) is 3.45. The summed E-state index contributed by atoms with van der Waals surface area (Å²) in [7, 11) is 0. The lowest BCUT2D eigenvalue weighted by molar-refractivity contribution is 0.102. The Morgan fingerprint density at radius 2 is 1.72 bits per heavy atom. The Labute approximate surface area is 217 Å². The summed E-state index contributed by atoms with van der Waals surface area (Å²) in [6.07, 6.45) is 3.45. The highest BCUT2D eigenvalue weighted by Gasteiger charge is 2.33. The van der Waals surface area contributed by atoms with E-state index in [1.54, 1.807) is 30.5 Å². The molecular formula is C29H33ClN4O2. The first-order chi connectivity index (χ1) is 17.2. The van der Waals surface area contributed by atoms with Crippen LogP contribution in [0.5, 0.6) is 0 Å². The highest BCUT2D eigenvalue weighted by molar-refractivity contribution is 6.30. The Kier molecular flexibility index (Phi) is 6.66. The number of piperazine rings is 1. The van der Waals surface area contributed by atoms with Crippen molar-refractivity contribution in [1.29, 1.82) is 0 Å². The molecule has 1 saturated heterocycles. The molecule has 2 aliphatic rings. The normalized spacial score (nSPS) is 18.2. The minimum absolute atomic E-state index is 0.00378. The van der Waals surface area contributed by atoms with Crippen LogP contribution >= 0.6 is 11.6 Å². The SMILES string of the molecule is CC(C)(C)N1CCN(c2cccc3c2CCC3c2cc[nH]c(=O)c2C(=O)Nc2ccc(Cl)cc2)CC1. The number of nitrogens with zero attached hydrogens (tertiary/aromatic N) is 2. The van der Waals surface area contributed by atoms with Crippen LogP contribution in [0.4, 0.5) is 11.4 Å². The van der Waals surface area contributed by atoms with Gasteiger partial charge in [-0.1, -0.05) is 23.7 Å². The molecule has 1 fully saturated rings. The zero-order valence-electron chi connectivity index (χ0n) is 21.1. The fourth-order valence-electron chi connectivity index (χ4n) is 5.62. The number of carbonyl (C=O) groups excluding carboxylic acids is 1. The number of nitrogens with one attached hydrogen (secondary N) is 2. The fourth-order valence-corrected chi connectivity index (χ4v) is 5.74. The molecule has 0 bridgehead atoms. The molecule has 2 N–H and O–H groups in total. The van der Waals surface area contributed by atoms with Crippen molar-refractivity contribution in [2.45, 2.75) is 45.1 Å². The smallest absolute Gasteiger partial charge is 0.261 e. The number of rotatable bonds is 4. The molecule has 3 aromatic rings. The van der Waals surface area contributed by atoms with Crippen molar-refractivity contribution in [2.24, 2.45) is 0 Å². The zero-order chi connectivity index (χ0) is 25.4. The number of carbonyl (C=O) groups is 1. The van der Waals surface area contributed by atoms with Crippen LogP contribution in [-0.2, 0) is 6.42 Å². The van der Waals surface area contributed by atoms with Gasteiger partial charge in [0.05, 0.1) is 0 Å². The lowest BCUT2D eigenvalue weighted by atomic mass is 9.89. The van der Waals surface area contributed by atoms with Crippen molar-refractivity contribution < 1.29 is 4.79 Å². The average Bonchev–Trinajstić information content (AvgIpc) is 3.29. The molecular weight excluding hydrogens is 472 g/mol. The molecule has 36 heavy (non-hydrogen) atoms. The number of hydrogen-bond acceptors (Lipinski definition) is 4. The molecule has 0 radical (unpaired) electrons. The van der Waals surface area contributed by atoms with Crippen molar-refractivity contribution in [2.75, 3.05) is 36.4 Å². The van der Waals surface area contributed by atoms with Gasteiger partial charge in [-0.05, 0) is 86.7 Å². The van der Waals surface area contributed by atoms with Gasteiger partial charge in [0.2, 0.25) is 0 Å². The van der Waals surface area contributed by atoms with Gasteiger partial charge >= 0.3 is 0 Å². The van der Waals surface area contributed by atoms with Crippen molar-refractivity contribution in [1.82, 2.24) is 9.88 Å². The Balaban J connectivity index is 1.43. The molecule has 0 spiro atoms. The zero-order valence-corrected chi connectivity index (χ0v) is 21.9. The van der Waals surface area contributed by atoms with Crippen LogP contribution in [0.25, 0.3) is 0 Å². The number of pyridine rings is 1. The van der Waals surface area contributed by atoms with Gasteiger partial charge in [-0.3, -0.25) is 14.5 Å². The number of hydrogen-bond donors (Lipinski definition) is 2. The number of anilines is 2. The molecule has 1 aliphatic carbocycles. The Hall–Kier alpha value is -3.09. The van der Waals surface area contributed by atoms with E-state index in [1.165, 1.54) is 16.8 Å². The van der Waals surface area contributed by atoms with Gasteiger partial charge in [0.15, 0.2) is 0 Å². The third-order valence-electron chi connectivity index (χ3n) is 7.51. The molecule has 1 aliphatic heterocycles. The topological polar surface area (TPSA) is 68.4 Å². The van der Waals surface area contributed by atoms with Crippen LogP contribution in [0, 0.1) is 0 Å². The maximum Gasteiger partial charge on any atom is 0.261 e. The number of benzene rings is 2. The maximum atomic E-state index is 13.3. The molecule has 7 heteroatoms. The van der Waals surface area contributed by atoms with E-state index in [-0.39, 0.29) is 22.6 Å². The summed E-state index contributed by atoms with van der Waals surface area (Å²) in [5.74, 6) is -0.402. The van der Waals surface area contributed by atoms with Gasteiger partial charge in [-0.2, -0.15) is 0 Å². The second-order valence-corrected chi connectivity index (χ2v) is 11.1. The molecule has 1 aromatic heterocycles. The average molecular weight is 505 g/mol. The van der Waals surface area contributed by atoms with E-state index in [1.807, 2.05) is 6.07 Å². The summed E-state index contributed by atoms with van der Waals surface area (Å²) in [5.41, 5.74) is 5.21. The summed E-state index contributed by atoms with van der Waals surface area (Å²) in [4.78, 5) is 33.9. The number of aromatic amines is 1. The van der Waals surface area contributed by atoms with Crippen molar-refractivity contribution in [3.05, 3.63) is 92.4 Å². The molecule has 188 valence electrons. The molecule has 6 nitrogen and oxygen atoms in total. The summed E-state index contributed by atoms with van der Waals surface area (Å²) in [6, 6.07) is 15.3. The van der Waals surface area contributed by atoms with Crippen molar-refractivity contribution >= 4 is 28.9 Å². The highest BCUT2D eigenvalue weighted by Crippen LogP contribution is 2.43. The standard InChI is InChI=1S/C29H33ClN4O2/c1-29(2,3)34-17-15-33(16-18-34)25-6-4-5-21-22(11-12-23(21)25)24-13-14-31-27(35)26(24)28(36)32-20-9-7-19(30)8-10-20/h4-10,13-14,22H,11-12,15-18H2,1-3H3,(H,31,35)(H,32,36). The first kappa shape index (κ1) is 24.6. The van der Waals surface area contributed by atoms with E-state index >= 15 is 0 Å². The third-order valence-corrected chi connectivity index (χ3v) is 7.76. The first-order valence-electron chi connectivity index (χ1n) is 12.6. The molecule has 1 unspecified atom stereocenters. The largest absolute Gasteiger partial charge is 0.369 e. The van der Waals surface area contributed by atoms with Crippen LogP contribution in [0.15, 0.2) is 59.5 Å². The minimum Gasteiger partial charge on any atom is -0.369 e. The number of halogens is 1. The van der Waals surface area contributed by atoms with E-state index in [9.17, 15) is 9.59 Å². The maximum absolute atomic E-state index is 13.3. The van der Waals surface area contributed by atoms with E-state index < -0.39 is 5.91 Å². The summed E-state index contributed by atoms with van der Waals surface area (Å²) >= 11 is 5.97. The van der Waals surface area contributed by atoms with Crippen LogP contribution in [-0.4, -0.2) is 47.5 Å². The van der Waals surface area contributed by atoms with E-state index in [0.717, 1.165) is 44.6 Å². The Morgan fingerprint density at radius 1 is 1.00 bits per heavy atom. The molecule has 2 aromatic carbocycles. The summed E-state index contributed by atoms with van der Waals surface area (Å²) < 4.78 is 0. The Bertz CT molecular complexity index is 1320. The van der Waals surface area contributed by atoms with Crippen LogP contribution in [0.3, 0.4) is 0 Å². The van der Waals surface area contributed by atoms with Crippen LogP contribution < -0.4 is 15.8 Å². The van der Waals surface area contributed by atoms with E-state index in [0.29, 0.717) is 10.7 Å². The number of fused-ring (bicyclic) bond motifs is 1. The number of H-pyrrole nitrogens is 1. The van der Waals surface area contributed by atoms with E-state index in [2.05, 4.69) is 59.1 Å². The number of amides is 1. The predicted octanol–water partition coefficient (Wildman–Crippen LogP) is 5.28. The van der Waals surface area contributed by atoms with Gasteiger partial charge in [-0.25, -0.2) is 0 Å². The predicted molar refractivity (Wildman–Crippen MR) is 147 cm³/mol. The molecule has 2 heterocycles. The highest BCUT2D eigenvalue weighted by atomic mass is 35.5. The molecule has 0 saturated carbocycles. The second-order valence-electron chi connectivity index (χ2n) is 10.7. The Morgan fingerprint density at radius 3 is 2.42 bits per heavy atom. The fraction of sp³-hybridized carbons (Fsp3) is 0.379. The second kappa shape index (κ2) is 9.75. The third kappa shape index (κ3) is 4.80. The lowest BCUT2D eigenvalue weighted by Gasteiger charge is -2.43. The van der Waals surface area contributed by atoms with Gasteiger partial charge in [0.25, 0.3) is 11.5 Å². The van der Waals surface area contributed by atoms with Gasteiger partial charge in [0.1, 0.15) is 5.56 Å². The number of aromatic nitrogens is 1. The summed E-state index contributed by atoms with van der Waals surface area (Å²) in [6.45, 7) is 10.9. The minimum atomic E-state index is -0.405. The van der Waals surface area contributed by atoms with Gasteiger partial charge in [-0.15, -0.1) is 0 Å². The first-order valence-corrected chi connectivity index (χ1v) is 13.0. The van der Waals surface area contributed by atoms with Gasteiger partial charge < -0.3 is 15.2 Å². The van der Waals surface area contributed by atoms with Crippen molar-refractivity contribution in [3.8, 4) is 0 Å². The molecule has 1 atom stereocenters. The van der Waals surface area contributed by atoms with Crippen LogP contribution in [0.2, 0.25) is 5.02 Å². The molecule has 1 amide bonds. The van der Waals surface area contributed by atoms with Crippen LogP contribution in [0.1, 0.15) is 60.2 Å². The monoisotopic (exact) mass is 504 g/mol. The lowest BCUT2D eigenvalue weighted by Crippen LogP contribution is -2.53. The quantitative estimate of drug-likeness (QED) is 0.507.